The normalized spacial score (nSPS) is 11.1. The van der Waals surface area contributed by atoms with Gasteiger partial charge in [-0.1, -0.05) is 0 Å². The van der Waals surface area contributed by atoms with Crippen molar-refractivity contribution in [2.45, 2.75) is 20.8 Å². The second kappa shape index (κ2) is 9.51. The van der Waals surface area contributed by atoms with E-state index in [9.17, 15) is 20.2 Å². The summed E-state index contributed by atoms with van der Waals surface area (Å²) in [5, 5.41) is 26.3. The van der Waals surface area contributed by atoms with E-state index in [4.69, 9.17) is 4.74 Å². The Bertz CT molecular complexity index is 1200. The quantitative estimate of drug-likeness (QED) is 0.215. The van der Waals surface area contributed by atoms with Gasteiger partial charge < -0.3 is 10.1 Å². The molecule has 2 heterocycles. The van der Waals surface area contributed by atoms with Crippen LogP contribution < -0.4 is 5.32 Å². The molecule has 0 fully saturated rings. The van der Waals surface area contributed by atoms with Gasteiger partial charge in [-0.3, -0.25) is 10.1 Å². The summed E-state index contributed by atoms with van der Waals surface area (Å²) in [6, 6.07) is 8.18. The Morgan fingerprint density at radius 1 is 1.35 bits per heavy atom. The minimum absolute atomic E-state index is 0.0000449. The summed E-state index contributed by atoms with van der Waals surface area (Å²) in [5.74, 6) is -0.409. The molecule has 158 valence electrons. The van der Waals surface area contributed by atoms with Crippen LogP contribution in [0.15, 0.2) is 35.8 Å². The number of carbonyl (C=O) groups is 1. The maximum absolute atomic E-state index is 12.3. The van der Waals surface area contributed by atoms with E-state index >= 15 is 0 Å². The summed E-state index contributed by atoms with van der Waals surface area (Å²) >= 11 is 2.70. The van der Waals surface area contributed by atoms with Crippen molar-refractivity contribution in [3.63, 3.8) is 0 Å². The summed E-state index contributed by atoms with van der Waals surface area (Å²) < 4.78 is 5.15. The first-order chi connectivity index (χ1) is 14.8. The number of nitriles is 1. The zero-order valence-electron chi connectivity index (χ0n) is 17.0. The minimum atomic E-state index is -0.461. The topological polar surface area (TPSA) is 118 Å². The molecule has 0 radical (unpaired) electrons. The standard InChI is InChI=1S/C21H18N4O4S2/c1-4-29-21(26)18-12(2)13(3)31-20(18)23-10-15(9-22)19-24-17(11-30-19)14-5-7-16(8-6-14)25(27)28/h5-8,10-11,23H,4H2,1-3H3. The first-order valence-corrected chi connectivity index (χ1v) is 10.9. The maximum Gasteiger partial charge on any atom is 0.341 e. The number of nitro groups is 1. The van der Waals surface area contributed by atoms with Crippen molar-refractivity contribution in [3.8, 4) is 17.3 Å². The highest BCUT2D eigenvalue weighted by molar-refractivity contribution is 7.16. The SMILES string of the molecule is CCOC(=O)c1c(NC=C(C#N)c2nc(-c3ccc([N+](=O)[O-])cc3)cs2)sc(C)c1C. The third-order valence-electron chi connectivity index (χ3n) is 4.44. The van der Waals surface area contributed by atoms with Gasteiger partial charge in [0.2, 0.25) is 0 Å². The summed E-state index contributed by atoms with van der Waals surface area (Å²) in [4.78, 5) is 28.1. The van der Waals surface area contributed by atoms with E-state index in [1.165, 1.54) is 41.0 Å². The Kier molecular flexibility index (Phi) is 6.79. The molecule has 8 nitrogen and oxygen atoms in total. The highest BCUT2D eigenvalue weighted by Crippen LogP contribution is 2.34. The van der Waals surface area contributed by atoms with E-state index in [0.29, 0.717) is 32.4 Å². The van der Waals surface area contributed by atoms with Crippen molar-refractivity contribution in [2.24, 2.45) is 0 Å². The third-order valence-corrected chi connectivity index (χ3v) is 6.46. The van der Waals surface area contributed by atoms with E-state index in [1.807, 2.05) is 13.8 Å². The van der Waals surface area contributed by atoms with Gasteiger partial charge in [-0.15, -0.1) is 22.7 Å². The fraction of sp³-hybridized carbons (Fsp3) is 0.190. The van der Waals surface area contributed by atoms with Gasteiger partial charge in [0, 0.05) is 34.2 Å². The molecule has 0 amide bonds. The van der Waals surface area contributed by atoms with Crippen LogP contribution in [-0.2, 0) is 4.74 Å². The number of carbonyl (C=O) groups excluding carboxylic acids is 1. The van der Waals surface area contributed by atoms with E-state index < -0.39 is 10.9 Å². The summed E-state index contributed by atoms with van der Waals surface area (Å²) in [6.07, 6.45) is 1.52. The molecular weight excluding hydrogens is 436 g/mol. The number of nitrogens with zero attached hydrogens (tertiary/aromatic N) is 3. The molecule has 0 aliphatic rings. The van der Waals surface area contributed by atoms with Gasteiger partial charge in [0.15, 0.2) is 0 Å². The Labute approximate surface area is 186 Å². The highest BCUT2D eigenvalue weighted by atomic mass is 32.1. The number of thiazole rings is 1. The van der Waals surface area contributed by atoms with Gasteiger partial charge >= 0.3 is 5.97 Å². The number of benzene rings is 1. The molecule has 3 aromatic rings. The van der Waals surface area contributed by atoms with Gasteiger partial charge in [-0.2, -0.15) is 5.26 Å². The van der Waals surface area contributed by atoms with E-state index in [1.54, 1.807) is 24.4 Å². The fourth-order valence-corrected chi connectivity index (χ4v) is 4.55. The van der Waals surface area contributed by atoms with Gasteiger partial charge in [0.1, 0.15) is 21.7 Å². The molecule has 0 aliphatic heterocycles. The number of nitro benzene ring substituents is 1. The van der Waals surface area contributed by atoms with Crippen molar-refractivity contribution < 1.29 is 14.5 Å². The van der Waals surface area contributed by atoms with Gasteiger partial charge in [-0.05, 0) is 38.5 Å². The van der Waals surface area contributed by atoms with Gasteiger partial charge in [0.05, 0.1) is 22.8 Å². The van der Waals surface area contributed by atoms with Crippen LogP contribution in [0.4, 0.5) is 10.7 Å². The molecule has 0 atom stereocenters. The van der Waals surface area contributed by atoms with Crippen LogP contribution in [0.25, 0.3) is 16.8 Å². The molecule has 0 aliphatic carbocycles. The number of aryl methyl sites for hydroxylation is 1. The first kappa shape index (κ1) is 22.1. The average molecular weight is 455 g/mol. The number of esters is 1. The zero-order chi connectivity index (χ0) is 22.5. The molecule has 2 aromatic heterocycles. The number of hydrogen-bond donors (Lipinski definition) is 1. The predicted octanol–water partition coefficient (Wildman–Crippen LogP) is 5.55. The minimum Gasteiger partial charge on any atom is -0.462 e. The number of non-ortho nitro benzene ring substituents is 1. The number of ether oxygens (including phenoxy) is 1. The first-order valence-electron chi connectivity index (χ1n) is 9.20. The van der Waals surface area contributed by atoms with Crippen molar-refractivity contribution in [1.29, 1.82) is 5.26 Å². The maximum atomic E-state index is 12.3. The monoisotopic (exact) mass is 454 g/mol. The largest absolute Gasteiger partial charge is 0.462 e. The van der Waals surface area contributed by atoms with E-state index in [2.05, 4.69) is 16.4 Å². The Morgan fingerprint density at radius 2 is 2.06 bits per heavy atom. The molecule has 0 saturated carbocycles. The van der Waals surface area contributed by atoms with Crippen molar-refractivity contribution in [3.05, 3.63) is 67.0 Å². The molecule has 0 saturated heterocycles. The number of nitrogens with one attached hydrogen (secondary N) is 1. The Balaban J connectivity index is 1.86. The molecule has 1 N–H and O–H groups in total. The summed E-state index contributed by atoms with van der Waals surface area (Å²) in [6.45, 7) is 5.80. The van der Waals surface area contributed by atoms with Gasteiger partial charge in [-0.25, -0.2) is 9.78 Å². The van der Waals surface area contributed by atoms with E-state index in [0.717, 1.165) is 10.4 Å². The van der Waals surface area contributed by atoms with Crippen molar-refractivity contribution in [1.82, 2.24) is 4.98 Å². The van der Waals surface area contributed by atoms with Crippen LogP contribution in [0.5, 0.6) is 0 Å². The van der Waals surface area contributed by atoms with Crippen LogP contribution in [-0.4, -0.2) is 22.5 Å². The van der Waals surface area contributed by atoms with E-state index in [-0.39, 0.29) is 12.3 Å². The van der Waals surface area contributed by atoms with Crippen LogP contribution in [0.1, 0.15) is 32.7 Å². The molecule has 0 spiro atoms. The average Bonchev–Trinajstić information content (AvgIpc) is 3.34. The zero-order valence-corrected chi connectivity index (χ0v) is 18.6. The van der Waals surface area contributed by atoms with Crippen molar-refractivity contribution in [2.75, 3.05) is 11.9 Å². The second-order valence-electron chi connectivity index (χ2n) is 6.36. The molecule has 3 rings (SSSR count). The number of hydrogen-bond acceptors (Lipinski definition) is 9. The number of rotatable bonds is 7. The van der Waals surface area contributed by atoms with Crippen molar-refractivity contribution >= 4 is 44.9 Å². The molecule has 0 unspecified atom stereocenters. The number of aromatic nitrogens is 1. The number of anilines is 1. The lowest BCUT2D eigenvalue weighted by molar-refractivity contribution is -0.384. The lowest BCUT2D eigenvalue weighted by Gasteiger charge is -2.05. The fourth-order valence-electron chi connectivity index (χ4n) is 2.74. The molecule has 0 bridgehead atoms. The third kappa shape index (κ3) is 4.79. The summed E-state index contributed by atoms with van der Waals surface area (Å²) in [5.41, 5.74) is 2.94. The molecule has 1 aromatic carbocycles. The second-order valence-corrected chi connectivity index (χ2v) is 8.45. The molecule has 31 heavy (non-hydrogen) atoms. The van der Waals surface area contributed by atoms with Crippen LogP contribution in [0.2, 0.25) is 0 Å². The molecular formula is C21H18N4O4S2. The van der Waals surface area contributed by atoms with Crippen LogP contribution in [0.3, 0.4) is 0 Å². The molecule has 10 heteroatoms. The highest BCUT2D eigenvalue weighted by Gasteiger charge is 2.20. The van der Waals surface area contributed by atoms with Gasteiger partial charge in [0.25, 0.3) is 5.69 Å². The van der Waals surface area contributed by atoms with Crippen LogP contribution >= 0.6 is 22.7 Å². The summed E-state index contributed by atoms with van der Waals surface area (Å²) in [7, 11) is 0. The Morgan fingerprint density at radius 3 is 2.68 bits per heavy atom. The van der Waals surface area contributed by atoms with Crippen LogP contribution in [0, 0.1) is 35.3 Å². The smallest absolute Gasteiger partial charge is 0.341 e. The predicted molar refractivity (Wildman–Crippen MR) is 121 cm³/mol. The lowest BCUT2D eigenvalue weighted by Crippen LogP contribution is -2.07. The number of allylic oxidation sites excluding steroid dienone is 1. The number of thiophene rings is 1. The lowest BCUT2D eigenvalue weighted by atomic mass is 10.1. The Hall–Kier alpha value is -3.55.